The van der Waals surface area contributed by atoms with Gasteiger partial charge in [0.15, 0.2) is 9.84 Å². The maximum atomic E-state index is 14.2. The third kappa shape index (κ3) is 6.59. The second-order valence-electron chi connectivity index (χ2n) is 5.78. The van der Waals surface area contributed by atoms with Crippen molar-refractivity contribution in [3.05, 3.63) is 34.1 Å². The van der Waals surface area contributed by atoms with Gasteiger partial charge in [0.1, 0.15) is 17.7 Å². The number of carbonyl (C=O) groups excluding carboxylic acids is 1. The van der Waals surface area contributed by atoms with E-state index >= 15 is 0 Å². The standard InChI is InChI=1S/C15H14BrF5N2O3S.H2S/c1-27(25,26)10(7-22)4-5-14(8-17,23-13(24)15(19,20)21)11-6-9(16)2-3-12(11)18;/h2-3,6,10H,4-5,8H2,1H3,(H,23,24);1H2/t10?,14-;/m1./s1. The molecule has 158 valence electrons. The molecule has 0 aromatic heterocycles. The molecule has 1 N–H and O–H groups in total. The van der Waals surface area contributed by atoms with Gasteiger partial charge in [-0.1, -0.05) is 15.9 Å². The van der Waals surface area contributed by atoms with Crippen molar-refractivity contribution in [2.45, 2.75) is 29.8 Å². The molecular weight excluding hydrogens is 495 g/mol. The van der Waals surface area contributed by atoms with Crippen molar-refractivity contribution < 1.29 is 35.2 Å². The number of carbonyl (C=O) groups is 1. The zero-order chi connectivity index (χ0) is 21.0. The highest BCUT2D eigenvalue weighted by Gasteiger charge is 2.46. The van der Waals surface area contributed by atoms with Crippen molar-refractivity contribution in [1.29, 1.82) is 5.26 Å². The molecule has 0 bridgehead atoms. The molecule has 1 rings (SSSR count). The van der Waals surface area contributed by atoms with Crippen LogP contribution >= 0.6 is 29.4 Å². The number of hydrogen-bond donors (Lipinski definition) is 1. The van der Waals surface area contributed by atoms with Gasteiger partial charge in [-0.25, -0.2) is 17.2 Å². The number of nitrogens with one attached hydrogen (secondary N) is 1. The summed E-state index contributed by atoms with van der Waals surface area (Å²) >= 11 is 2.98. The van der Waals surface area contributed by atoms with E-state index in [9.17, 15) is 35.2 Å². The smallest absolute Gasteiger partial charge is 0.336 e. The molecule has 1 unspecified atom stereocenters. The summed E-state index contributed by atoms with van der Waals surface area (Å²) in [5, 5.41) is 8.71. The number of halogens is 6. The van der Waals surface area contributed by atoms with Gasteiger partial charge < -0.3 is 5.32 Å². The van der Waals surface area contributed by atoms with Gasteiger partial charge in [0.25, 0.3) is 0 Å². The van der Waals surface area contributed by atoms with Gasteiger partial charge in [0, 0.05) is 16.3 Å². The van der Waals surface area contributed by atoms with Crippen molar-refractivity contribution in [2.24, 2.45) is 0 Å². The Balaban J connectivity index is 0.00000729. The highest BCUT2D eigenvalue weighted by Crippen LogP contribution is 2.34. The summed E-state index contributed by atoms with van der Waals surface area (Å²) in [4.78, 5) is 11.4. The first-order chi connectivity index (χ1) is 12.3. The zero-order valence-corrected chi connectivity index (χ0v) is 17.7. The Bertz CT molecular complexity index is 858. The van der Waals surface area contributed by atoms with Crippen LogP contribution in [0.3, 0.4) is 0 Å². The van der Waals surface area contributed by atoms with Crippen molar-refractivity contribution in [3.8, 4) is 6.07 Å². The van der Waals surface area contributed by atoms with E-state index in [4.69, 9.17) is 5.26 Å². The van der Waals surface area contributed by atoms with Crippen molar-refractivity contribution in [3.63, 3.8) is 0 Å². The molecule has 1 aromatic rings. The fraction of sp³-hybridized carbons (Fsp3) is 0.467. The lowest BCUT2D eigenvalue weighted by Gasteiger charge is -2.34. The summed E-state index contributed by atoms with van der Waals surface area (Å²) in [5.41, 5.74) is -3.12. The van der Waals surface area contributed by atoms with E-state index in [1.54, 1.807) is 0 Å². The van der Waals surface area contributed by atoms with Gasteiger partial charge in [-0.3, -0.25) is 4.79 Å². The molecular formula is C15H16BrF5N2O3S2. The van der Waals surface area contributed by atoms with E-state index in [0.29, 0.717) is 0 Å². The lowest BCUT2D eigenvalue weighted by molar-refractivity contribution is -0.176. The normalized spacial score (nSPS) is 14.9. The third-order valence-electron chi connectivity index (χ3n) is 3.78. The fourth-order valence-electron chi connectivity index (χ4n) is 2.34. The first-order valence-corrected chi connectivity index (χ1v) is 10.0. The number of rotatable bonds is 7. The molecule has 5 nitrogen and oxygen atoms in total. The Hall–Kier alpha value is -1.39. The average molecular weight is 511 g/mol. The van der Waals surface area contributed by atoms with Crippen LogP contribution in [-0.2, 0) is 20.2 Å². The molecule has 0 aliphatic rings. The molecule has 0 radical (unpaired) electrons. The summed E-state index contributed by atoms with van der Waals surface area (Å²) in [6.07, 6.45) is -6.03. The average Bonchev–Trinajstić information content (AvgIpc) is 2.54. The zero-order valence-electron chi connectivity index (χ0n) is 14.3. The molecule has 0 saturated carbocycles. The van der Waals surface area contributed by atoms with Crippen molar-refractivity contribution >= 4 is 45.2 Å². The summed E-state index contributed by atoms with van der Waals surface area (Å²) < 4.78 is 89.5. The van der Waals surface area contributed by atoms with E-state index in [-0.39, 0.29) is 18.0 Å². The van der Waals surface area contributed by atoms with Gasteiger partial charge in [-0.05, 0) is 31.0 Å². The largest absolute Gasteiger partial charge is 0.471 e. The number of alkyl halides is 4. The van der Waals surface area contributed by atoms with Crippen LogP contribution in [0.4, 0.5) is 22.0 Å². The summed E-state index contributed by atoms with van der Waals surface area (Å²) in [5.74, 6) is -3.63. The van der Waals surface area contributed by atoms with Crippen LogP contribution in [0.25, 0.3) is 0 Å². The molecule has 1 amide bonds. The topological polar surface area (TPSA) is 87.0 Å². The maximum Gasteiger partial charge on any atom is 0.471 e. The molecule has 0 fully saturated rings. The van der Waals surface area contributed by atoms with Gasteiger partial charge in [0.2, 0.25) is 0 Å². The monoisotopic (exact) mass is 510 g/mol. The highest BCUT2D eigenvalue weighted by atomic mass is 79.9. The minimum absolute atomic E-state index is 0. The number of nitriles is 1. The predicted octanol–water partition coefficient (Wildman–Crippen LogP) is 3.26. The number of nitrogens with zero attached hydrogens (tertiary/aromatic N) is 1. The SMILES string of the molecule is CS(=O)(=O)C(C#N)CC[C@](CF)(NC(=O)C(F)(F)F)c1cc(Br)ccc1F.S. The van der Waals surface area contributed by atoms with Crippen LogP contribution in [-0.4, -0.2) is 38.7 Å². The Kier molecular flexibility index (Phi) is 9.40. The first-order valence-electron chi connectivity index (χ1n) is 7.26. The van der Waals surface area contributed by atoms with E-state index in [1.807, 2.05) is 0 Å². The van der Waals surface area contributed by atoms with Crippen LogP contribution < -0.4 is 5.32 Å². The number of hydrogen-bond acceptors (Lipinski definition) is 4. The van der Waals surface area contributed by atoms with E-state index in [2.05, 4.69) is 15.9 Å². The Labute approximate surface area is 173 Å². The van der Waals surface area contributed by atoms with Crippen LogP contribution in [0.1, 0.15) is 18.4 Å². The fourth-order valence-corrected chi connectivity index (χ4v) is 3.44. The number of benzene rings is 1. The second kappa shape index (κ2) is 9.89. The molecule has 0 saturated heterocycles. The van der Waals surface area contributed by atoms with E-state index in [1.165, 1.54) is 17.5 Å². The minimum Gasteiger partial charge on any atom is -0.336 e. The molecule has 0 aliphatic carbocycles. The number of amides is 1. The third-order valence-corrected chi connectivity index (χ3v) is 5.64. The lowest BCUT2D eigenvalue weighted by atomic mass is 9.85. The van der Waals surface area contributed by atoms with Gasteiger partial charge >= 0.3 is 12.1 Å². The van der Waals surface area contributed by atoms with Gasteiger partial charge in [0.05, 0.1) is 11.6 Å². The van der Waals surface area contributed by atoms with Crippen molar-refractivity contribution in [2.75, 3.05) is 12.9 Å². The maximum absolute atomic E-state index is 14.2. The molecule has 0 spiro atoms. The quantitative estimate of drug-likeness (QED) is 0.570. The van der Waals surface area contributed by atoms with E-state index in [0.717, 1.165) is 18.4 Å². The lowest BCUT2D eigenvalue weighted by Crippen LogP contribution is -2.53. The molecule has 1 aromatic carbocycles. The van der Waals surface area contributed by atoms with Crippen LogP contribution in [0.5, 0.6) is 0 Å². The van der Waals surface area contributed by atoms with Gasteiger partial charge in [-0.2, -0.15) is 31.9 Å². The Morgan fingerprint density at radius 2 is 1.93 bits per heavy atom. The van der Waals surface area contributed by atoms with Crippen LogP contribution in [0, 0.1) is 17.1 Å². The van der Waals surface area contributed by atoms with Crippen molar-refractivity contribution in [1.82, 2.24) is 5.32 Å². The Morgan fingerprint density at radius 3 is 2.36 bits per heavy atom. The predicted molar refractivity (Wildman–Crippen MR) is 99.8 cm³/mol. The second-order valence-corrected chi connectivity index (χ2v) is 8.92. The summed E-state index contributed by atoms with van der Waals surface area (Å²) in [6.45, 7) is -1.66. The van der Waals surface area contributed by atoms with Crippen LogP contribution in [0.15, 0.2) is 22.7 Å². The highest BCUT2D eigenvalue weighted by molar-refractivity contribution is 9.10. The van der Waals surface area contributed by atoms with E-state index < -0.39 is 63.6 Å². The Morgan fingerprint density at radius 1 is 1.36 bits per heavy atom. The summed E-state index contributed by atoms with van der Waals surface area (Å²) in [6, 6.07) is 4.49. The van der Waals surface area contributed by atoms with Crippen LogP contribution in [0.2, 0.25) is 0 Å². The molecule has 2 atom stereocenters. The number of sulfone groups is 1. The summed E-state index contributed by atoms with van der Waals surface area (Å²) in [7, 11) is -3.92. The molecule has 13 heteroatoms. The molecule has 0 heterocycles. The minimum atomic E-state index is -5.38. The first kappa shape index (κ1) is 26.6. The molecule has 0 aliphatic heterocycles. The molecule has 28 heavy (non-hydrogen) atoms. The van der Waals surface area contributed by atoms with Gasteiger partial charge in [-0.15, -0.1) is 0 Å².